The molecule has 12 rings (SSSR count). The van der Waals surface area contributed by atoms with E-state index in [2.05, 4.69) is 222 Å². The SMILES string of the molecule is c1ccc(-c2cccc3c2oc2ccc(-c4ccc(N(c5ccc6c(ccc7ccccc76)c5)c5ccc6c(c5)c5ccccc5n6-c5ccccc5)cc4)cc23)cc1. The summed E-state index contributed by atoms with van der Waals surface area (Å²) in [5.74, 6) is 0. The van der Waals surface area contributed by atoms with E-state index >= 15 is 0 Å². The maximum absolute atomic E-state index is 6.51. The number of fused-ring (bicyclic) bond motifs is 9. The van der Waals surface area contributed by atoms with E-state index in [-0.39, 0.29) is 0 Å². The molecule has 0 bridgehead atoms. The third-order valence-corrected chi connectivity index (χ3v) is 12.0. The zero-order valence-electron chi connectivity index (χ0n) is 32.1. The van der Waals surface area contributed by atoms with Gasteiger partial charge in [0, 0.05) is 49.9 Å². The smallest absolute Gasteiger partial charge is 0.143 e. The minimum absolute atomic E-state index is 0.892. The van der Waals surface area contributed by atoms with Crippen molar-refractivity contribution in [2.45, 2.75) is 0 Å². The highest BCUT2D eigenvalue weighted by molar-refractivity contribution is 6.13. The van der Waals surface area contributed by atoms with E-state index in [9.17, 15) is 0 Å². The van der Waals surface area contributed by atoms with Crippen LogP contribution < -0.4 is 4.90 Å². The molecule has 0 saturated carbocycles. The Labute approximate surface area is 341 Å². The van der Waals surface area contributed by atoms with Crippen molar-refractivity contribution in [2.75, 3.05) is 4.90 Å². The van der Waals surface area contributed by atoms with Gasteiger partial charge in [-0.3, -0.25) is 0 Å². The number of anilines is 3. The van der Waals surface area contributed by atoms with Crippen molar-refractivity contribution < 1.29 is 4.42 Å². The maximum atomic E-state index is 6.51. The van der Waals surface area contributed by atoms with Gasteiger partial charge in [-0.05, 0) is 111 Å². The Kier molecular flexibility index (Phi) is 7.54. The summed E-state index contributed by atoms with van der Waals surface area (Å²) in [5.41, 5.74) is 13.2. The van der Waals surface area contributed by atoms with Crippen LogP contribution >= 0.6 is 0 Å². The molecule has 0 unspecified atom stereocenters. The Morgan fingerprint density at radius 1 is 0.339 bits per heavy atom. The van der Waals surface area contributed by atoms with Gasteiger partial charge in [0.15, 0.2) is 0 Å². The second-order valence-electron chi connectivity index (χ2n) is 15.3. The molecule has 0 fully saturated rings. The molecule has 276 valence electrons. The normalized spacial score (nSPS) is 11.7. The number of hydrogen-bond donors (Lipinski definition) is 0. The van der Waals surface area contributed by atoms with Crippen LogP contribution in [0.4, 0.5) is 17.1 Å². The van der Waals surface area contributed by atoms with Crippen molar-refractivity contribution in [3.05, 3.63) is 218 Å². The number of para-hydroxylation sites is 3. The molecular formula is C56H36N2O. The molecule has 0 saturated heterocycles. The molecule has 0 amide bonds. The fourth-order valence-corrected chi connectivity index (χ4v) is 9.17. The molecule has 3 nitrogen and oxygen atoms in total. The van der Waals surface area contributed by atoms with Crippen LogP contribution in [0.3, 0.4) is 0 Å². The van der Waals surface area contributed by atoms with Crippen molar-refractivity contribution in [3.8, 4) is 27.9 Å². The van der Waals surface area contributed by atoms with Crippen LogP contribution in [0.2, 0.25) is 0 Å². The van der Waals surface area contributed by atoms with Gasteiger partial charge in [-0.1, -0.05) is 146 Å². The molecule has 10 aromatic carbocycles. The van der Waals surface area contributed by atoms with Gasteiger partial charge >= 0.3 is 0 Å². The number of nitrogens with zero attached hydrogens (tertiary/aromatic N) is 2. The fraction of sp³-hybridized carbons (Fsp3) is 0. The Balaban J connectivity index is 0.999. The Bertz CT molecular complexity index is 3540. The third-order valence-electron chi connectivity index (χ3n) is 12.0. The van der Waals surface area contributed by atoms with Crippen molar-refractivity contribution in [2.24, 2.45) is 0 Å². The van der Waals surface area contributed by atoms with Gasteiger partial charge in [-0.2, -0.15) is 0 Å². The van der Waals surface area contributed by atoms with E-state index in [1.165, 1.54) is 43.4 Å². The summed E-state index contributed by atoms with van der Waals surface area (Å²) < 4.78 is 8.88. The van der Waals surface area contributed by atoms with Crippen molar-refractivity contribution in [3.63, 3.8) is 0 Å². The van der Waals surface area contributed by atoms with Crippen LogP contribution in [0, 0.1) is 0 Å². The highest BCUT2D eigenvalue weighted by Crippen LogP contribution is 2.43. The lowest BCUT2D eigenvalue weighted by atomic mass is 9.99. The molecule has 0 atom stereocenters. The van der Waals surface area contributed by atoms with Crippen molar-refractivity contribution in [1.82, 2.24) is 4.57 Å². The number of rotatable bonds is 6. The second kappa shape index (κ2) is 13.4. The zero-order valence-corrected chi connectivity index (χ0v) is 32.1. The molecule has 0 radical (unpaired) electrons. The summed E-state index contributed by atoms with van der Waals surface area (Å²) in [5, 5.41) is 9.66. The zero-order chi connectivity index (χ0) is 38.9. The van der Waals surface area contributed by atoms with Gasteiger partial charge in [0.25, 0.3) is 0 Å². The molecule has 12 aromatic rings. The van der Waals surface area contributed by atoms with Crippen LogP contribution in [-0.2, 0) is 0 Å². The van der Waals surface area contributed by atoms with Gasteiger partial charge < -0.3 is 13.9 Å². The van der Waals surface area contributed by atoms with E-state index in [4.69, 9.17) is 4.42 Å². The summed E-state index contributed by atoms with van der Waals surface area (Å²) in [6, 6.07) is 78.7. The van der Waals surface area contributed by atoms with Gasteiger partial charge in [-0.25, -0.2) is 0 Å². The molecular weight excluding hydrogens is 717 g/mol. The average Bonchev–Trinajstić information content (AvgIpc) is 3.85. The van der Waals surface area contributed by atoms with E-state index in [1.807, 2.05) is 6.07 Å². The minimum atomic E-state index is 0.892. The molecule has 3 heteroatoms. The lowest BCUT2D eigenvalue weighted by Gasteiger charge is -2.26. The maximum Gasteiger partial charge on any atom is 0.143 e. The van der Waals surface area contributed by atoms with E-state index in [0.29, 0.717) is 0 Å². The van der Waals surface area contributed by atoms with Crippen LogP contribution in [-0.4, -0.2) is 4.57 Å². The summed E-state index contributed by atoms with van der Waals surface area (Å²) in [6.07, 6.45) is 0. The standard InChI is InChI=1S/C56H36N2O/c1-3-12-38(13-4-1)48-19-11-20-50-52-35-40(26-33-55(52)59-56(48)50)37-24-27-43(28-25-37)57(44-29-31-47-41(34-44)23-22-39-14-7-8-17-46(39)47)45-30-32-54-51(36-45)49-18-9-10-21-53(49)58(54)42-15-5-2-6-16-42/h1-36H. The summed E-state index contributed by atoms with van der Waals surface area (Å²) >= 11 is 0. The van der Waals surface area contributed by atoms with Crippen molar-refractivity contribution >= 4 is 82.4 Å². The highest BCUT2D eigenvalue weighted by Gasteiger charge is 2.19. The Hall–Kier alpha value is -7.88. The van der Waals surface area contributed by atoms with E-state index in [1.54, 1.807) is 0 Å². The molecule has 0 aliphatic rings. The van der Waals surface area contributed by atoms with Gasteiger partial charge in [0.2, 0.25) is 0 Å². The Morgan fingerprint density at radius 2 is 0.983 bits per heavy atom. The van der Waals surface area contributed by atoms with Crippen molar-refractivity contribution in [1.29, 1.82) is 0 Å². The molecule has 0 N–H and O–H groups in total. The topological polar surface area (TPSA) is 21.3 Å². The van der Waals surface area contributed by atoms with Crippen LogP contribution in [0.5, 0.6) is 0 Å². The summed E-state index contributed by atoms with van der Waals surface area (Å²) in [4.78, 5) is 2.39. The summed E-state index contributed by atoms with van der Waals surface area (Å²) in [6.45, 7) is 0. The molecule has 59 heavy (non-hydrogen) atoms. The largest absolute Gasteiger partial charge is 0.455 e. The number of aromatic nitrogens is 1. The summed E-state index contributed by atoms with van der Waals surface area (Å²) in [7, 11) is 0. The minimum Gasteiger partial charge on any atom is -0.455 e. The van der Waals surface area contributed by atoms with Gasteiger partial charge in [0.05, 0.1) is 11.0 Å². The second-order valence-corrected chi connectivity index (χ2v) is 15.3. The third kappa shape index (κ3) is 5.44. The van der Waals surface area contributed by atoms with E-state index < -0.39 is 0 Å². The lowest BCUT2D eigenvalue weighted by molar-refractivity contribution is 0.670. The number of benzene rings is 10. The predicted octanol–water partition coefficient (Wildman–Crippen LogP) is 15.8. The predicted molar refractivity (Wildman–Crippen MR) is 249 cm³/mol. The Morgan fingerprint density at radius 3 is 1.85 bits per heavy atom. The first kappa shape index (κ1) is 33.3. The first-order valence-electron chi connectivity index (χ1n) is 20.2. The number of hydrogen-bond acceptors (Lipinski definition) is 2. The molecule has 0 aliphatic heterocycles. The van der Waals surface area contributed by atoms with Gasteiger partial charge in [-0.15, -0.1) is 0 Å². The fourth-order valence-electron chi connectivity index (χ4n) is 9.17. The molecule has 0 spiro atoms. The van der Waals surface area contributed by atoms with Gasteiger partial charge in [0.1, 0.15) is 11.2 Å². The highest BCUT2D eigenvalue weighted by atomic mass is 16.3. The molecule has 2 aromatic heterocycles. The first-order chi connectivity index (χ1) is 29.2. The van der Waals surface area contributed by atoms with Crippen LogP contribution in [0.1, 0.15) is 0 Å². The first-order valence-corrected chi connectivity index (χ1v) is 20.2. The number of furan rings is 1. The monoisotopic (exact) mass is 752 g/mol. The van der Waals surface area contributed by atoms with E-state index in [0.717, 1.165) is 66.9 Å². The van der Waals surface area contributed by atoms with Crippen LogP contribution in [0.15, 0.2) is 223 Å². The van der Waals surface area contributed by atoms with Crippen LogP contribution in [0.25, 0.3) is 93.2 Å². The molecule has 2 heterocycles. The average molecular weight is 753 g/mol. The quantitative estimate of drug-likeness (QED) is 0.158. The molecule has 0 aliphatic carbocycles. The lowest BCUT2D eigenvalue weighted by Crippen LogP contribution is -2.10.